The van der Waals surface area contributed by atoms with E-state index in [1.807, 2.05) is 60.7 Å². The molecule has 4 nitrogen and oxygen atoms in total. The zero-order valence-corrected chi connectivity index (χ0v) is 12.0. The Morgan fingerprint density at radius 1 is 0.864 bits per heavy atom. The molecule has 0 aliphatic heterocycles. The maximum Gasteiger partial charge on any atom is 0.127 e. The highest BCUT2D eigenvalue weighted by atomic mass is 14.8. The molecule has 0 spiro atoms. The Morgan fingerprint density at radius 3 is 1.95 bits per heavy atom. The van der Waals surface area contributed by atoms with Gasteiger partial charge in [-0.25, -0.2) is 4.98 Å². The summed E-state index contributed by atoms with van der Waals surface area (Å²) in [5.41, 5.74) is 16.0. The summed E-state index contributed by atoms with van der Waals surface area (Å²) >= 11 is 0. The van der Waals surface area contributed by atoms with Crippen molar-refractivity contribution in [3.63, 3.8) is 0 Å². The van der Waals surface area contributed by atoms with Gasteiger partial charge in [0, 0.05) is 16.8 Å². The van der Waals surface area contributed by atoms with Gasteiger partial charge in [0.05, 0.1) is 17.0 Å². The van der Waals surface area contributed by atoms with Crippen LogP contribution in [0, 0.1) is 5.41 Å². The fourth-order valence-corrected chi connectivity index (χ4v) is 2.41. The van der Waals surface area contributed by atoms with Crippen molar-refractivity contribution in [2.24, 2.45) is 5.73 Å². The molecule has 0 saturated carbocycles. The third-order valence-corrected chi connectivity index (χ3v) is 3.44. The van der Waals surface area contributed by atoms with Crippen LogP contribution in [0.3, 0.4) is 0 Å². The van der Waals surface area contributed by atoms with Crippen molar-refractivity contribution in [3.05, 3.63) is 72.3 Å². The number of nitrogen functional groups attached to an aromatic ring is 2. The summed E-state index contributed by atoms with van der Waals surface area (Å²) in [7, 11) is 0. The first-order valence-corrected chi connectivity index (χ1v) is 6.92. The molecule has 0 unspecified atom stereocenters. The lowest BCUT2D eigenvalue weighted by Gasteiger charge is -2.13. The molecule has 2 aromatic carbocycles. The summed E-state index contributed by atoms with van der Waals surface area (Å²) in [6, 6.07) is 21.2. The van der Waals surface area contributed by atoms with Crippen molar-refractivity contribution in [2.75, 3.05) is 5.73 Å². The van der Waals surface area contributed by atoms with E-state index >= 15 is 0 Å². The van der Waals surface area contributed by atoms with Gasteiger partial charge in [-0.15, -0.1) is 0 Å². The fraction of sp³-hybridized carbons (Fsp3) is 0. The third-order valence-electron chi connectivity index (χ3n) is 3.44. The monoisotopic (exact) mass is 288 g/mol. The van der Waals surface area contributed by atoms with Gasteiger partial charge in [0.15, 0.2) is 0 Å². The molecule has 5 N–H and O–H groups in total. The van der Waals surface area contributed by atoms with Crippen LogP contribution in [0.5, 0.6) is 0 Å². The maximum atomic E-state index is 7.80. The second-order valence-electron chi connectivity index (χ2n) is 4.97. The van der Waals surface area contributed by atoms with Crippen LogP contribution in [0.4, 0.5) is 5.69 Å². The van der Waals surface area contributed by atoms with Crippen molar-refractivity contribution >= 4 is 11.5 Å². The van der Waals surface area contributed by atoms with E-state index in [0.717, 1.165) is 16.8 Å². The Bertz CT molecular complexity index is 811. The van der Waals surface area contributed by atoms with Gasteiger partial charge in [0.1, 0.15) is 5.84 Å². The Balaban J connectivity index is 2.26. The average Bonchev–Trinajstić information content (AvgIpc) is 2.55. The number of amidine groups is 1. The second kappa shape index (κ2) is 5.69. The van der Waals surface area contributed by atoms with Gasteiger partial charge in [-0.1, -0.05) is 60.7 Å². The van der Waals surface area contributed by atoms with Crippen molar-refractivity contribution in [1.82, 2.24) is 4.98 Å². The van der Waals surface area contributed by atoms with E-state index in [4.69, 9.17) is 21.9 Å². The topological polar surface area (TPSA) is 88.8 Å². The Hall–Kier alpha value is -3.14. The number of anilines is 1. The molecule has 4 heteroatoms. The highest BCUT2D eigenvalue weighted by Crippen LogP contribution is 2.30. The number of benzene rings is 2. The average molecular weight is 288 g/mol. The number of nitrogens with zero attached hydrogens (tertiary/aromatic N) is 1. The second-order valence-corrected chi connectivity index (χ2v) is 4.97. The van der Waals surface area contributed by atoms with E-state index < -0.39 is 0 Å². The van der Waals surface area contributed by atoms with Gasteiger partial charge in [0.25, 0.3) is 0 Å². The molecule has 3 aromatic rings. The number of aromatic nitrogens is 1. The van der Waals surface area contributed by atoms with E-state index in [-0.39, 0.29) is 5.84 Å². The summed E-state index contributed by atoms with van der Waals surface area (Å²) in [4.78, 5) is 4.69. The quantitative estimate of drug-likeness (QED) is 0.510. The minimum atomic E-state index is -0.0801. The Kier molecular flexibility index (Phi) is 3.58. The van der Waals surface area contributed by atoms with Crippen molar-refractivity contribution in [1.29, 1.82) is 5.41 Å². The lowest BCUT2D eigenvalue weighted by molar-refractivity contribution is 1.30. The normalized spacial score (nSPS) is 10.4. The molecule has 0 fully saturated rings. The highest BCUT2D eigenvalue weighted by Gasteiger charge is 2.15. The van der Waals surface area contributed by atoms with E-state index in [9.17, 15) is 0 Å². The first kappa shape index (κ1) is 13.8. The first-order valence-electron chi connectivity index (χ1n) is 6.92. The van der Waals surface area contributed by atoms with Crippen LogP contribution >= 0.6 is 0 Å². The van der Waals surface area contributed by atoms with E-state index in [1.165, 1.54) is 0 Å². The van der Waals surface area contributed by atoms with Crippen LogP contribution in [-0.2, 0) is 0 Å². The van der Waals surface area contributed by atoms with Crippen molar-refractivity contribution in [2.45, 2.75) is 0 Å². The predicted octanol–water partition coefficient (Wildman–Crippen LogP) is 3.28. The Labute approximate surface area is 128 Å². The lowest BCUT2D eigenvalue weighted by atomic mass is 10.0. The summed E-state index contributed by atoms with van der Waals surface area (Å²) in [5, 5.41) is 7.80. The molecule has 0 atom stereocenters. The summed E-state index contributed by atoms with van der Waals surface area (Å²) in [6.07, 6.45) is 0. The van der Waals surface area contributed by atoms with E-state index in [0.29, 0.717) is 16.9 Å². The number of hydrogen-bond donors (Lipinski definition) is 3. The summed E-state index contributed by atoms with van der Waals surface area (Å²) in [6.45, 7) is 0. The summed E-state index contributed by atoms with van der Waals surface area (Å²) in [5.74, 6) is -0.0801. The summed E-state index contributed by atoms with van der Waals surface area (Å²) < 4.78 is 0. The molecule has 1 heterocycles. The molecule has 1 aromatic heterocycles. The number of nitrogens with one attached hydrogen (secondary N) is 1. The highest BCUT2D eigenvalue weighted by molar-refractivity contribution is 6.05. The van der Waals surface area contributed by atoms with Crippen LogP contribution in [0.1, 0.15) is 5.56 Å². The fourth-order valence-electron chi connectivity index (χ4n) is 2.41. The number of rotatable bonds is 3. The third kappa shape index (κ3) is 2.54. The minimum Gasteiger partial charge on any atom is -0.398 e. The van der Waals surface area contributed by atoms with Gasteiger partial charge in [-0.05, 0) is 6.07 Å². The van der Waals surface area contributed by atoms with Gasteiger partial charge < -0.3 is 11.5 Å². The molecule has 0 amide bonds. The van der Waals surface area contributed by atoms with Crippen LogP contribution in [0.15, 0.2) is 66.7 Å². The van der Waals surface area contributed by atoms with Crippen LogP contribution < -0.4 is 11.5 Å². The maximum absolute atomic E-state index is 7.80. The first-order chi connectivity index (χ1) is 10.7. The van der Waals surface area contributed by atoms with Gasteiger partial charge >= 0.3 is 0 Å². The van der Waals surface area contributed by atoms with Gasteiger partial charge in [0.2, 0.25) is 0 Å². The smallest absolute Gasteiger partial charge is 0.127 e. The molecular weight excluding hydrogens is 272 g/mol. The molecule has 0 bridgehead atoms. The molecule has 108 valence electrons. The molecule has 3 rings (SSSR count). The molecule has 22 heavy (non-hydrogen) atoms. The van der Waals surface area contributed by atoms with Gasteiger partial charge in [-0.2, -0.15) is 0 Å². The molecular formula is C18H16N4. The van der Waals surface area contributed by atoms with Crippen molar-refractivity contribution < 1.29 is 0 Å². The Morgan fingerprint density at radius 2 is 1.41 bits per heavy atom. The molecule has 0 aliphatic carbocycles. The van der Waals surface area contributed by atoms with Crippen molar-refractivity contribution in [3.8, 4) is 22.5 Å². The van der Waals surface area contributed by atoms with Gasteiger partial charge in [-0.3, -0.25) is 5.41 Å². The zero-order chi connectivity index (χ0) is 15.5. The van der Waals surface area contributed by atoms with Crippen LogP contribution in [-0.4, -0.2) is 10.8 Å². The lowest BCUT2D eigenvalue weighted by Crippen LogP contribution is -2.16. The van der Waals surface area contributed by atoms with Crippen LogP contribution in [0.25, 0.3) is 22.5 Å². The molecule has 0 saturated heterocycles. The predicted molar refractivity (Wildman–Crippen MR) is 90.5 cm³/mol. The van der Waals surface area contributed by atoms with Crippen LogP contribution in [0.2, 0.25) is 0 Å². The minimum absolute atomic E-state index is 0.0801. The number of pyridine rings is 1. The molecule has 0 aliphatic rings. The SMILES string of the molecule is N=C(N)c1c(N)cc(-c2ccccc2)nc1-c1ccccc1. The van der Waals surface area contributed by atoms with E-state index in [2.05, 4.69) is 0 Å². The molecule has 0 radical (unpaired) electrons. The standard InChI is InChI=1S/C18H16N4/c19-14-11-15(12-7-3-1-4-8-12)22-17(16(14)18(20)21)13-9-5-2-6-10-13/h1-11H,(H2,19,22)(H3,20,21). The van der Waals surface area contributed by atoms with E-state index in [1.54, 1.807) is 6.07 Å². The number of nitrogens with two attached hydrogens (primary N) is 2. The number of hydrogen-bond acceptors (Lipinski definition) is 3. The zero-order valence-electron chi connectivity index (χ0n) is 12.0. The largest absolute Gasteiger partial charge is 0.398 e.